The van der Waals surface area contributed by atoms with Gasteiger partial charge in [-0.2, -0.15) is 0 Å². The number of nitrogens with one attached hydrogen (secondary N) is 2. The molecule has 0 unspecified atom stereocenters. The molecule has 2 N–H and O–H groups in total. The fourth-order valence-electron chi connectivity index (χ4n) is 2.44. The smallest absolute Gasteiger partial charge is 0.213 e. The summed E-state index contributed by atoms with van der Waals surface area (Å²) in [6.07, 6.45) is 6.60. The number of guanidine groups is 1. The number of ether oxygens (including phenoxy) is 3. The van der Waals surface area contributed by atoms with Crippen molar-refractivity contribution in [1.82, 2.24) is 15.6 Å². The molecule has 0 spiro atoms. The van der Waals surface area contributed by atoms with Gasteiger partial charge in [0.05, 0.1) is 33.0 Å². The predicted octanol–water partition coefficient (Wildman–Crippen LogP) is 2.76. The van der Waals surface area contributed by atoms with Crippen LogP contribution in [0.1, 0.15) is 45.1 Å². The van der Waals surface area contributed by atoms with Gasteiger partial charge in [-0.15, -0.1) is 0 Å². The summed E-state index contributed by atoms with van der Waals surface area (Å²) < 4.78 is 16.8. The number of aliphatic imine (C=N–C) groups is 1. The van der Waals surface area contributed by atoms with E-state index >= 15 is 0 Å². The zero-order chi connectivity index (χ0) is 19.9. The van der Waals surface area contributed by atoms with Crippen LogP contribution in [0.15, 0.2) is 23.3 Å². The lowest BCUT2D eigenvalue weighted by Gasteiger charge is -2.12. The summed E-state index contributed by atoms with van der Waals surface area (Å²) in [6.45, 7) is 9.78. The standard InChI is InChI=1S/C21H36N4O3/c1-3-5-11-26-13-14-27-12-10-24-21(22-4-2)25-16-19-8-9-23-20(15-19)28-17-18-6-7-18/h8-9,15,18H,3-7,10-14,16-17H2,1-2H3,(H2,22,24,25). The first kappa shape index (κ1) is 22.4. The molecule has 0 atom stereocenters. The topological polar surface area (TPSA) is 77.0 Å². The number of hydrogen-bond donors (Lipinski definition) is 2. The van der Waals surface area contributed by atoms with Crippen molar-refractivity contribution in [2.24, 2.45) is 10.9 Å². The molecule has 1 aromatic heterocycles. The second-order valence-electron chi connectivity index (χ2n) is 6.96. The predicted molar refractivity (Wildman–Crippen MR) is 112 cm³/mol. The summed E-state index contributed by atoms with van der Waals surface area (Å²) in [5.74, 6) is 2.19. The minimum absolute atomic E-state index is 0.573. The van der Waals surface area contributed by atoms with Gasteiger partial charge in [0.15, 0.2) is 5.96 Å². The summed E-state index contributed by atoms with van der Waals surface area (Å²) in [4.78, 5) is 8.91. The van der Waals surface area contributed by atoms with Crippen LogP contribution < -0.4 is 15.4 Å². The first-order chi connectivity index (χ1) is 13.8. The molecule has 1 aliphatic carbocycles. The molecule has 1 aromatic rings. The van der Waals surface area contributed by atoms with Crippen LogP contribution in [-0.4, -0.2) is 57.1 Å². The van der Waals surface area contributed by atoms with Crippen LogP contribution in [-0.2, 0) is 16.0 Å². The molecule has 1 fully saturated rings. The lowest BCUT2D eigenvalue weighted by atomic mass is 10.3. The number of rotatable bonds is 15. The Morgan fingerprint density at radius 2 is 1.96 bits per heavy atom. The number of hydrogen-bond acceptors (Lipinski definition) is 5. The van der Waals surface area contributed by atoms with Crippen LogP contribution >= 0.6 is 0 Å². The van der Waals surface area contributed by atoms with E-state index < -0.39 is 0 Å². The first-order valence-electron chi connectivity index (χ1n) is 10.6. The Morgan fingerprint density at radius 3 is 2.71 bits per heavy atom. The number of nitrogens with zero attached hydrogens (tertiary/aromatic N) is 2. The Hall–Kier alpha value is -1.86. The average Bonchev–Trinajstić information content (AvgIpc) is 3.54. The maximum atomic E-state index is 5.74. The van der Waals surface area contributed by atoms with Crippen molar-refractivity contribution in [2.45, 2.75) is 46.1 Å². The molecule has 0 aromatic carbocycles. The third-order valence-electron chi connectivity index (χ3n) is 4.28. The van der Waals surface area contributed by atoms with E-state index in [2.05, 4.69) is 34.5 Å². The molecule has 7 nitrogen and oxygen atoms in total. The molecule has 0 saturated heterocycles. The fraction of sp³-hybridized carbons (Fsp3) is 0.714. The zero-order valence-electron chi connectivity index (χ0n) is 17.4. The summed E-state index contributed by atoms with van der Waals surface area (Å²) in [5, 5.41) is 6.54. The van der Waals surface area contributed by atoms with Gasteiger partial charge in [0.2, 0.25) is 5.88 Å². The van der Waals surface area contributed by atoms with Gasteiger partial charge in [-0.25, -0.2) is 9.98 Å². The molecule has 1 heterocycles. The molecular formula is C21H36N4O3. The van der Waals surface area contributed by atoms with Crippen molar-refractivity contribution in [3.8, 4) is 5.88 Å². The summed E-state index contributed by atoms with van der Waals surface area (Å²) in [7, 11) is 0. The van der Waals surface area contributed by atoms with E-state index in [1.54, 1.807) is 6.20 Å². The van der Waals surface area contributed by atoms with Crippen LogP contribution in [0.25, 0.3) is 0 Å². The Kier molecular flexibility index (Phi) is 11.4. The maximum Gasteiger partial charge on any atom is 0.213 e. The fourth-order valence-corrected chi connectivity index (χ4v) is 2.44. The molecule has 0 bridgehead atoms. The second-order valence-corrected chi connectivity index (χ2v) is 6.96. The van der Waals surface area contributed by atoms with Crippen LogP contribution in [0.5, 0.6) is 5.88 Å². The second kappa shape index (κ2) is 14.2. The number of unbranched alkanes of at least 4 members (excludes halogenated alkanes) is 1. The van der Waals surface area contributed by atoms with Gasteiger partial charge < -0.3 is 24.8 Å². The van der Waals surface area contributed by atoms with Gasteiger partial charge in [0, 0.05) is 32.0 Å². The van der Waals surface area contributed by atoms with Gasteiger partial charge in [0.25, 0.3) is 0 Å². The molecule has 0 aliphatic heterocycles. The molecule has 28 heavy (non-hydrogen) atoms. The third kappa shape index (κ3) is 10.5. The highest BCUT2D eigenvalue weighted by Gasteiger charge is 2.22. The Bertz CT molecular complexity index is 564. The van der Waals surface area contributed by atoms with E-state index in [4.69, 9.17) is 14.2 Å². The van der Waals surface area contributed by atoms with Gasteiger partial charge in [-0.1, -0.05) is 13.3 Å². The number of pyridine rings is 1. The first-order valence-corrected chi connectivity index (χ1v) is 10.6. The highest BCUT2D eigenvalue weighted by atomic mass is 16.5. The Labute approximate surface area is 169 Å². The van der Waals surface area contributed by atoms with E-state index in [9.17, 15) is 0 Å². The van der Waals surface area contributed by atoms with Crippen molar-refractivity contribution >= 4 is 5.96 Å². The van der Waals surface area contributed by atoms with Crippen molar-refractivity contribution in [2.75, 3.05) is 46.1 Å². The highest BCUT2D eigenvalue weighted by molar-refractivity contribution is 5.79. The van der Waals surface area contributed by atoms with Crippen LogP contribution in [0.3, 0.4) is 0 Å². The van der Waals surface area contributed by atoms with Gasteiger partial charge in [0.1, 0.15) is 0 Å². The molecule has 7 heteroatoms. The lowest BCUT2D eigenvalue weighted by molar-refractivity contribution is 0.0487. The maximum absolute atomic E-state index is 5.74. The summed E-state index contributed by atoms with van der Waals surface area (Å²) >= 11 is 0. The third-order valence-corrected chi connectivity index (χ3v) is 4.28. The van der Waals surface area contributed by atoms with Crippen LogP contribution in [0, 0.1) is 5.92 Å². The monoisotopic (exact) mass is 392 g/mol. The van der Waals surface area contributed by atoms with Gasteiger partial charge in [-0.05, 0) is 43.7 Å². The van der Waals surface area contributed by atoms with Crippen molar-refractivity contribution in [3.63, 3.8) is 0 Å². The molecule has 1 aliphatic rings. The Morgan fingerprint density at radius 1 is 1.14 bits per heavy atom. The quantitative estimate of drug-likeness (QED) is 0.272. The van der Waals surface area contributed by atoms with Crippen molar-refractivity contribution in [1.29, 1.82) is 0 Å². The summed E-state index contributed by atoms with van der Waals surface area (Å²) in [5.41, 5.74) is 1.08. The van der Waals surface area contributed by atoms with E-state index in [0.717, 1.165) is 50.0 Å². The molecule has 0 amide bonds. The van der Waals surface area contributed by atoms with Gasteiger partial charge >= 0.3 is 0 Å². The van der Waals surface area contributed by atoms with Crippen molar-refractivity contribution in [3.05, 3.63) is 23.9 Å². The van der Waals surface area contributed by atoms with E-state index in [-0.39, 0.29) is 0 Å². The van der Waals surface area contributed by atoms with Crippen LogP contribution in [0.2, 0.25) is 0 Å². The molecule has 2 rings (SSSR count). The molecule has 1 saturated carbocycles. The average molecular weight is 393 g/mol. The van der Waals surface area contributed by atoms with Crippen LogP contribution in [0.4, 0.5) is 0 Å². The normalized spacial score (nSPS) is 14.1. The number of aromatic nitrogens is 1. The highest BCUT2D eigenvalue weighted by Crippen LogP contribution is 2.29. The van der Waals surface area contributed by atoms with E-state index in [1.165, 1.54) is 12.8 Å². The Balaban J connectivity index is 1.64. The lowest BCUT2D eigenvalue weighted by Crippen LogP contribution is -2.39. The van der Waals surface area contributed by atoms with Crippen molar-refractivity contribution < 1.29 is 14.2 Å². The largest absolute Gasteiger partial charge is 0.477 e. The minimum Gasteiger partial charge on any atom is -0.477 e. The zero-order valence-corrected chi connectivity index (χ0v) is 17.4. The molecular weight excluding hydrogens is 356 g/mol. The van der Waals surface area contributed by atoms with E-state index in [0.29, 0.717) is 38.8 Å². The minimum atomic E-state index is 0.573. The SMILES string of the molecule is CCCCOCCOCCNC(=NCc1ccnc(OCC2CC2)c1)NCC. The summed E-state index contributed by atoms with van der Waals surface area (Å²) in [6, 6.07) is 3.94. The van der Waals surface area contributed by atoms with E-state index in [1.807, 2.05) is 12.1 Å². The van der Waals surface area contributed by atoms with Gasteiger partial charge in [-0.3, -0.25) is 0 Å². The molecule has 158 valence electrons. The molecule has 0 radical (unpaired) electrons.